The smallest absolute Gasteiger partial charge is 0.154 e. The van der Waals surface area contributed by atoms with Crippen LogP contribution in [0.3, 0.4) is 0 Å². The van der Waals surface area contributed by atoms with Gasteiger partial charge in [0, 0.05) is 22.2 Å². The summed E-state index contributed by atoms with van der Waals surface area (Å²) < 4.78 is 7.34. The summed E-state index contributed by atoms with van der Waals surface area (Å²) in [6.45, 7) is 0. The number of hydrogen-bond acceptors (Lipinski definition) is 4. The summed E-state index contributed by atoms with van der Waals surface area (Å²) in [5, 5.41) is 0.677. The molecular formula is C18H17BrN2OS. The lowest BCUT2D eigenvalue weighted by Gasteiger charge is -2.41. The quantitative estimate of drug-likeness (QED) is 0.774. The average Bonchev–Trinajstić information content (AvgIpc) is 2.56. The molecule has 2 unspecified atom stereocenters. The van der Waals surface area contributed by atoms with Gasteiger partial charge < -0.3 is 10.5 Å². The molecule has 0 aliphatic carbocycles. The molecule has 2 aliphatic rings. The third-order valence-corrected chi connectivity index (χ3v) is 5.78. The van der Waals surface area contributed by atoms with Crippen LogP contribution in [-0.2, 0) is 5.54 Å². The average molecular weight is 389 g/mol. The Bertz CT molecular complexity index is 765. The van der Waals surface area contributed by atoms with Gasteiger partial charge in [-0.1, -0.05) is 58.0 Å². The Morgan fingerprint density at radius 2 is 2.04 bits per heavy atom. The van der Waals surface area contributed by atoms with Crippen molar-refractivity contribution in [2.45, 2.75) is 24.5 Å². The first-order valence-corrected chi connectivity index (χ1v) is 9.44. The Hall–Kier alpha value is -1.46. The fraction of sp³-hybridized carbons (Fsp3) is 0.278. The second kappa shape index (κ2) is 5.87. The summed E-state index contributed by atoms with van der Waals surface area (Å²) in [7, 11) is 0. The summed E-state index contributed by atoms with van der Waals surface area (Å²) in [6.07, 6.45) is 1.81. The standard InChI is InChI=1S/C18H17BrN2OS/c19-13-6-7-15-14(10-13)18(8-9-23-17(20)21-18)11-16(22-15)12-4-2-1-3-5-12/h1-7,10,16H,8-9,11H2,(H2,20,21). The lowest BCUT2D eigenvalue weighted by atomic mass is 9.79. The molecule has 2 N–H and O–H groups in total. The molecule has 23 heavy (non-hydrogen) atoms. The van der Waals surface area contributed by atoms with Crippen LogP contribution in [0.1, 0.15) is 30.1 Å². The molecule has 0 bridgehead atoms. The van der Waals surface area contributed by atoms with E-state index < -0.39 is 0 Å². The Morgan fingerprint density at radius 1 is 1.22 bits per heavy atom. The van der Waals surface area contributed by atoms with Crippen LogP contribution in [0, 0.1) is 0 Å². The number of rotatable bonds is 1. The molecule has 2 atom stereocenters. The number of ether oxygens (including phenoxy) is 1. The van der Waals surface area contributed by atoms with E-state index in [0.29, 0.717) is 5.17 Å². The zero-order valence-corrected chi connectivity index (χ0v) is 14.9. The highest BCUT2D eigenvalue weighted by Gasteiger charge is 2.43. The first-order chi connectivity index (χ1) is 11.2. The number of fused-ring (bicyclic) bond motifs is 2. The molecule has 0 amide bonds. The molecule has 0 aromatic heterocycles. The molecule has 0 saturated carbocycles. The van der Waals surface area contributed by atoms with E-state index >= 15 is 0 Å². The number of benzene rings is 2. The first kappa shape index (κ1) is 15.1. The highest BCUT2D eigenvalue weighted by molar-refractivity contribution is 9.10. The van der Waals surface area contributed by atoms with Gasteiger partial charge in [0.1, 0.15) is 11.9 Å². The van der Waals surface area contributed by atoms with Gasteiger partial charge in [-0.05, 0) is 30.2 Å². The fourth-order valence-electron chi connectivity index (χ4n) is 3.40. The van der Waals surface area contributed by atoms with Gasteiger partial charge in [0.2, 0.25) is 0 Å². The van der Waals surface area contributed by atoms with Crippen molar-refractivity contribution in [1.82, 2.24) is 0 Å². The minimum Gasteiger partial charge on any atom is -0.485 e. The number of aliphatic imine (C=N–C) groups is 1. The van der Waals surface area contributed by atoms with Crippen LogP contribution in [0.4, 0.5) is 0 Å². The molecule has 2 aliphatic heterocycles. The summed E-state index contributed by atoms with van der Waals surface area (Å²) in [5.74, 6) is 1.90. The van der Waals surface area contributed by atoms with Crippen molar-refractivity contribution in [2.75, 3.05) is 5.75 Å². The summed E-state index contributed by atoms with van der Waals surface area (Å²) in [4.78, 5) is 4.89. The third kappa shape index (κ3) is 2.76. The summed E-state index contributed by atoms with van der Waals surface area (Å²) in [6, 6.07) is 16.5. The lowest BCUT2D eigenvalue weighted by Crippen LogP contribution is -2.37. The molecule has 2 aromatic rings. The Labute approximate surface area is 148 Å². The number of nitrogens with zero attached hydrogens (tertiary/aromatic N) is 1. The van der Waals surface area contributed by atoms with Crippen LogP contribution in [-0.4, -0.2) is 10.9 Å². The SMILES string of the molecule is NC1=NC2(CCS1)CC(c1ccccc1)Oc1ccc(Br)cc12. The van der Waals surface area contributed by atoms with Crippen LogP contribution in [0.15, 0.2) is 58.0 Å². The molecule has 1 spiro atoms. The summed E-state index contributed by atoms with van der Waals surface area (Å²) >= 11 is 5.21. The third-order valence-electron chi connectivity index (χ3n) is 4.50. The van der Waals surface area contributed by atoms with Crippen LogP contribution in [0.25, 0.3) is 0 Å². The number of amidine groups is 1. The molecule has 0 saturated heterocycles. The second-order valence-corrected chi connectivity index (χ2v) is 7.97. The van der Waals surface area contributed by atoms with E-state index in [1.807, 2.05) is 18.2 Å². The monoisotopic (exact) mass is 388 g/mol. The minimum atomic E-state index is -0.285. The molecule has 118 valence electrons. The lowest BCUT2D eigenvalue weighted by molar-refractivity contribution is 0.123. The van der Waals surface area contributed by atoms with E-state index in [-0.39, 0.29) is 11.6 Å². The topological polar surface area (TPSA) is 47.6 Å². The van der Waals surface area contributed by atoms with Gasteiger partial charge in [-0.25, -0.2) is 0 Å². The van der Waals surface area contributed by atoms with Crippen molar-refractivity contribution in [3.63, 3.8) is 0 Å². The van der Waals surface area contributed by atoms with Gasteiger partial charge in [0.25, 0.3) is 0 Å². The van der Waals surface area contributed by atoms with Crippen molar-refractivity contribution in [3.8, 4) is 5.75 Å². The van der Waals surface area contributed by atoms with E-state index in [4.69, 9.17) is 15.5 Å². The van der Waals surface area contributed by atoms with Gasteiger partial charge in [0.15, 0.2) is 5.17 Å². The molecule has 0 fully saturated rings. The zero-order valence-electron chi connectivity index (χ0n) is 12.5. The predicted molar refractivity (Wildman–Crippen MR) is 98.9 cm³/mol. The van der Waals surface area contributed by atoms with Crippen molar-refractivity contribution >= 4 is 32.9 Å². The maximum atomic E-state index is 6.30. The second-order valence-electron chi connectivity index (χ2n) is 5.94. The highest BCUT2D eigenvalue weighted by Crippen LogP contribution is 2.51. The normalized spacial score (nSPS) is 26.3. The number of halogens is 1. The first-order valence-electron chi connectivity index (χ1n) is 7.66. The Kier molecular flexibility index (Phi) is 3.85. The van der Waals surface area contributed by atoms with Gasteiger partial charge in [0.05, 0.1) is 5.54 Å². The predicted octanol–water partition coefficient (Wildman–Crippen LogP) is 4.62. The van der Waals surface area contributed by atoms with Gasteiger partial charge >= 0.3 is 0 Å². The van der Waals surface area contributed by atoms with E-state index in [1.165, 1.54) is 5.56 Å². The maximum Gasteiger partial charge on any atom is 0.154 e. The number of hydrogen-bond donors (Lipinski definition) is 1. The molecule has 2 aromatic carbocycles. The maximum absolute atomic E-state index is 6.30. The fourth-order valence-corrected chi connectivity index (χ4v) is 4.65. The van der Waals surface area contributed by atoms with Gasteiger partial charge in [-0.2, -0.15) is 0 Å². The van der Waals surface area contributed by atoms with Crippen LogP contribution >= 0.6 is 27.7 Å². The van der Waals surface area contributed by atoms with Crippen molar-refractivity contribution in [1.29, 1.82) is 0 Å². The minimum absolute atomic E-state index is 0.00419. The number of thioether (sulfide) groups is 1. The van der Waals surface area contributed by atoms with Gasteiger partial charge in [-0.15, -0.1) is 0 Å². The highest BCUT2D eigenvalue weighted by atomic mass is 79.9. The molecule has 2 heterocycles. The van der Waals surface area contributed by atoms with Crippen LogP contribution in [0.2, 0.25) is 0 Å². The number of nitrogens with two attached hydrogens (primary N) is 1. The molecule has 3 nitrogen and oxygen atoms in total. The zero-order chi connectivity index (χ0) is 15.9. The molecule has 4 rings (SSSR count). The summed E-state index contributed by atoms with van der Waals surface area (Å²) in [5.41, 5.74) is 8.12. The largest absolute Gasteiger partial charge is 0.485 e. The Balaban J connectivity index is 1.84. The van der Waals surface area contributed by atoms with E-state index in [0.717, 1.165) is 34.4 Å². The Morgan fingerprint density at radius 3 is 2.83 bits per heavy atom. The van der Waals surface area contributed by atoms with Crippen molar-refractivity contribution in [3.05, 3.63) is 64.1 Å². The molecule has 0 radical (unpaired) electrons. The van der Waals surface area contributed by atoms with E-state index in [9.17, 15) is 0 Å². The van der Waals surface area contributed by atoms with E-state index in [2.05, 4.69) is 46.3 Å². The van der Waals surface area contributed by atoms with Crippen molar-refractivity contribution in [2.24, 2.45) is 10.7 Å². The van der Waals surface area contributed by atoms with Crippen molar-refractivity contribution < 1.29 is 4.74 Å². The van der Waals surface area contributed by atoms with Gasteiger partial charge in [-0.3, -0.25) is 4.99 Å². The van der Waals surface area contributed by atoms with E-state index in [1.54, 1.807) is 11.8 Å². The molecular weight excluding hydrogens is 372 g/mol. The van der Waals surface area contributed by atoms with Crippen LogP contribution < -0.4 is 10.5 Å². The van der Waals surface area contributed by atoms with Crippen LogP contribution in [0.5, 0.6) is 5.75 Å². The molecule has 5 heteroatoms.